The summed E-state index contributed by atoms with van der Waals surface area (Å²) in [4.78, 5) is 38.4. The molecule has 0 aliphatic heterocycles. The summed E-state index contributed by atoms with van der Waals surface area (Å²) in [5, 5.41) is 0. The molecule has 0 rings (SSSR count). The summed E-state index contributed by atoms with van der Waals surface area (Å²) in [5.74, 6) is -0.889. The van der Waals surface area contributed by atoms with E-state index in [0.29, 0.717) is 19.3 Å². The van der Waals surface area contributed by atoms with E-state index in [1.54, 1.807) is 0 Å². The highest BCUT2D eigenvalue weighted by Gasteiger charge is 2.19. The Bertz CT molecular complexity index is 1580. The van der Waals surface area contributed by atoms with Crippen LogP contribution in [0.1, 0.15) is 342 Å². The fraction of sp³-hybridized carbons (Fsp3) is 0.747. The van der Waals surface area contributed by atoms with Gasteiger partial charge in [-0.15, -0.1) is 0 Å². The van der Waals surface area contributed by atoms with Crippen LogP contribution in [0.4, 0.5) is 0 Å². The van der Waals surface area contributed by atoms with Crippen LogP contribution in [0.5, 0.6) is 0 Å². The lowest BCUT2D eigenvalue weighted by molar-refractivity contribution is -0.167. The maximum atomic E-state index is 12.9. The van der Waals surface area contributed by atoms with Gasteiger partial charge in [0.1, 0.15) is 13.2 Å². The molecular formula is C75H130O6. The lowest BCUT2D eigenvalue weighted by atomic mass is 10.0. The molecule has 0 fully saturated rings. The molecule has 0 heterocycles. The van der Waals surface area contributed by atoms with Gasteiger partial charge in [-0.25, -0.2) is 0 Å². The van der Waals surface area contributed by atoms with Gasteiger partial charge in [0.2, 0.25) is 0 Å². The standard InChI is InChI=1S/C75H130O6/c1-4-7-10-13-16-19-22-25-28-30-32-33-34-35-36-37-38-39-40-41-42-43-44-46-47-50-53-56-59-62-65-68-74(77)80-71-72(70-79-73(76)67-64-61-58-55-52-49-27-24-21-18-15-12-9-6-3)81-75(78)69-66-63-60-57-54-51-48-45-31-29-26-23-20-17-14-11-8-5-2/h7,10,15-16,18-20,23-25,27-29,31-33,72H,4-6,8-9,11-14,17,21-22,26,30,34-71H2,1-3H3/b10-7-,18-15-,19-16-,23-20-,27-24-,28-25-,31-29-,33-32-. The van der Waals surface area contributed by atoms with Crippen LogP contribution in [-0.2, 0) is 28.6 Å². The molecular weight excluding hydrogens is 997 g/mol. The van der Waals surface area contributed by atoms with Crippen LogP contribution in [-0.4, -0.2) is 37.2 Å². The number of unbranched alkanes of at least 4 members (excludes halogenated alkanes) is 36. The van der Waals surface area contributed by atoms with E-state index in [0.717, 1.165) is 116 Å². The van der Waals surface area contributed by atoms with Crippen molar-refractivity contribution in [2.24, 2.45) is 0 Å². The van der Waals surface area contributed by atoms with Crippen molar-refractivity contribution in [1.29, 1.82) is 0 Å². The molecule has 0 aromatic heterocycles. The summed E-state index contributed by atoms with van der Waals surface area (Å²) in [7, 11) is 0. The number of rotatable bonds is 63. The molecule has 0 aromatic carbocycles. The summed E-state index contributed by atoms with van der Waals surface area (Å²) >= 11 is 0. The lowest BCUT2D eigenvalue weighted by Gasteiger charge is -2.18. The third-order valence-corrected chi connectivity index (χ3v) is 15.0. The van der Waals surface area contributed by atoms with E-state index in [9.17, 15) is 14.4 Å². The number of carbonyl (C=O) groups is 3. The molecule has 0 amide bonds. The smallest absolute Gasteiger partial charge is 0.306 e. The van der Waals surface area contributed by atoms with E-state index in [-0.39, 0.29) is 31.1 Å². The van der Waals surface area contributed by atoms with Crippen LogP contribution in [0.2, 0.25) is 0 Å². The van der Waals surface area contributed by atoms with Crippen molar-refractivity contribution < 1.29 is 28.6 Å². The second-order valence-electron chi connectivity index (χ2n) is 23.1. The zero-order chi connectivity index (χ0) is 58.5. The van der Waals surface area contributed by atoms with Gasteiger partial charge >= 0.3 is 17.9 Å². The van der Waals surface area contributed by atoms with Gasteiger partial charge in [-0.1, -0.05) is 304 Å². The van der Waals surface area contributed by atoms with Crippen molar-refractivity contribution in [3.8, 4) is 0 Å². The largest absolute Gasteiger partial charge is 0.462 e. The average molecular weight is 1130 g/mol. The summed E-state index contributed by atoms with van der Waals surface area (Å²) in [6.45, 7) is 6.49. The molecule has 466 valence electrons. The fourth-order valence-electron chi connectivity index (χ4n) is 9.84. The molecule has 0 N–H and O–H groups in total. The Balaban J connectivity index is 4.23. The van der Waals surface area contributed by atoms with Crippen LogP contribution < -0.4 is 0 Å². The normalized spacial score (nSPS) is 12.7. The van der Waals surface area contributed by atoms with E-state index in [4.69, 9.17) is 14.2 Å². The highest BCUT2D eigenvalue weighted by atomic mass is 16.6. The van der Waals surface area contributed by atoms with Gasteiger partial charge < -0.3 is 14.2 Å². The van der Waals surface area contributed by atoms with Crippen molar-refractivity contribution in [3.05, 3.63) is 97.2 Å². The minimum absolute atomic E-state index is 0.0823. The summed E-state index contributed by atoms with van der Waals surface area (Å²) in [5.41, 5.74) is 0. The van der Waals surface area contributed by atoms with Gasteiger partial charge in [-0.2, -0.15) is 0 Å². The van der Waals surface area contributed by atoms with Crippen LogP contribution in [0.3, 0.4) is 0 Å². The molecule has 81 heavy (non-hydrogen) atoms. The Morgan fingerprint density at radius 2 is 0.494 bits per heavy atom. The minimum Gasteiger partial charge on any atom is -0.462 e. The third-order valence-electron chi connectivity index (χ3n) is 15.0. The number of ether oxygens (including phenoxy) is 3. The lowest BCUT2D eigenvalue weighted by Crippen LogP contribution is -2.30. The Labute approximate surface area is 502 Å². The molecule has 0 spiro atoms. The third kappa shape index (κ3) is 67.0. The molecule has 0 saturated carbocycles. The Morgan fingerprint density at radius 3 is 0.790 bits per heavy atom. The summed E-state index contributed by atoms with van der Waals surface area (Å²) in [6, 6.07) is 0. The van der Waals surface area contributed by atoms with E-state index >= 15 is 0 Å². The number of hydrogen-bond acceptors (Lipinski definition) is 6. The van der Waals surface area contributed by atoms with Gasteiger partial charge in [-0.05, 0) is 116 Å². The summed E-state index contributed by atoms with van der Waals surface area (Å²) in [6.07, 6.45) is 92.9. The van der Waals surface area contributed by atoms with E-state index < -0.39 is 6.10 Å². The van der Waals surface area contributed by atoms with Crippen LogP contribution >= 0.6 is 0 Å². The molecule has 0 aliphatic rings. The quantitative estimate of drug-likeness (QED) is 0.0261. The monoisotopic (exact) mass is 1130 g/mol. The molecule has 1 unspecified atom stereocenters. The first kappa shape index (κ1) is 77.3. The SMILES string of the molecule is CC/C=C\C/C=C\C/C=C\C/C=C\CCCCCCCCCCCCCCCCCCCCC(=O)OCC(COC(=O)CCCCCCC/C=C\C/C=C\CCCC)OC(=O)CCCCCCCCC/C=C\C/C=C\CCCCCC. The van der Waals surface area contributed by atoms with Crippen molar-refractivity contribution in [2.75, 3.05) is 13.2 Å². The average Bonchev–Trinajstić information content (AvgIpc) is 3.47. The van der Waals surface area contributed by atoms with Gasteiger partial charge in [0.15, 0.2) is 6.10 Å². The number of esters is 3. The van der Waals surface area contributed by atoms with E-state index in [2.05, 4.69) is 118 Å². The Hall–Kier alpha value is -3.67. The number of hydrogen-bond donors (Lipinski definition) is 0. The van der Waals surface area contributed by atoms with Crippen LogP contribution in [0.25, 0.3) is 0 Å². The van der Waals surface area contributed by atoms with Gasteiger partial charge in [0, 0.05) is 19.3 Å². The van der Waals surface area contributed by atoms with Gasteiger partial charge in [-0.3, -0.25) is 14.4 Å². The first-order valence-electron chi connectivity index (χ1n) is 34.7. The highest BCUT2D eigenvalue weighted by molar-refractivity contribution is 5.71. The van der Waals surface area contributed by atoms with Crippen LogP contribution in [0.15, 0.2) is 97.2 Å². The number of carbonyl (C=O) groups excluding carboxylic acids is 3. The predicted molar refractivity (Wildman–Crippen MR) is 353 cm³/mol. The first-order valence-corrected chi connectivity index (χ1v) is 34.7. The molecule has 1 atom stereocenters. The van der Waals surface area contributed by atoms with Crippen molar-refractivity contribution in [3.63, 3.8) is 0 Å². The Morgan fingerprint density at radius 1 is 0.259 bits per heavy atom. The molecule has 0 saturated heterocycles. The van der Waals surface area contributed by atoms with Crippen molar-refractivity contribution >= 4 is 17.9 Å². The second kappa shape index (κ2) is 68.8. The van der Waals surface area contributed by atoms with Crippen molar-refractivity contribution in [1.82, 2.24) is 0 Å². The highest BCUT2D eigenvalue weighted by Crippen LogP contribution is 2.17. The molecule has 6 nitrogen and oxygen atoms in total. The predicted octanol–water partition coefficient (Wildman–Crippen LogP) is 24.0. The van der Waals surface area contributed by atoms with Gasteiger partial charge in [0.05, 0.1) is 0 Å². The second-order valence-corrected chi connectivity index (χ2v) is 23.1. The van der Waals surface area contributed by atoms with E-state index in [1.807, 2.05) is 0 Å². The molecule has 0 aliphatic carbocycles. The van der Waals surface area contributed by atoms with Gasteiger partial charge in [0.25, 0.3) is 0 Å². The molecule has 0 radical (unpaired) electrons. The molecule has 6 heteroatoms. The van der Waals surface area contributed by atoms with Crippen LogP contribution in [0, 0.1) is 0 Å². The Kier molecular flexibility index (Phi) is 65.7. The van der Waals surface area contributed by atoms with Crippen molar-refractivity contribution in [2.45, 2.75) is 348 Å². The number of allylic oxidation sites excluding steroid dienone is 16. The zero-order valence-corrected chi connectivity index (χ0v) is 53.5. The maximum Gasteiger partial charge on any atom is 0.306 e. The molecule has 0 bridgehead atoms. The summed E-state index contributed by atoms with van der Waals surface area (Å²) < 4.78 is 17.0. The molecule has 0 aromatic rings. The van der Waals surface area contributed by atoms with E-state index in [1.165, 1.54) is 186 Å². The minimum atomic E-state index is -0.788. The first-order chi connectivity index (χ1) is 40.0. The fourth-order valence-corrected chi connectivity index (χ4v) is 9.84. The maximum absolute atomic E-state index is 12.9. The topological polar surface area (TPSA) is 78.9 Å². The zero-order valence-electron chi connectivity index (χ0n) is 53.5.